The Bertz CT molecular complexity index is 463. The predicted molar refractivity (Wildman–Crippen MR) is 82.1 cm³/mol. The van der Waals surface area contributed by atoms with Gasteiger partial charge in [-0.3, -0.25) is 9.59 Å². The molecule has 0 saturated carbocycles. The molecule has 0 radical (unpaired) electrons. The second kappa shape index (κ2) is 6.36. The van der Waals surface area contributed by atoms with Crippen LogP contribution in [0.5, 0.6) is 0 Å². The molecule has 0 aliphatic heterocycles. The molecule has 0 saturated heterocycles. The number of nitrogens with one attached hydrogen (secondary N) is 1. The lowest BCUT2D eigenvalue weighted by atomic mass is 9.84. The van der Waals surface area contributed by atoms with E-state index in [0.29, 0.717) is 5.56 Å². The summed E-state index contributed by atoms with van der Waals surface area (Å²) in [5.41, 5.74) is 0.233. The van der Waals surface area contributed by atoms with E-state index < -0.39 is 12.0 Å². The van der Waals surface area contributed by atoms with E-state index in [-0.39, 0.29) is 17.7 Å². The van der Waals surface area contributed by atoms with E-state index in [0.717, 1.165) is 3.57 Å². The molecule has 0 bridgehead atoms. The molecule has 1 atom stereocenters. The molecule has 0 aromatic heterocycles. The van der Waals surface area contributed by atoms with E-state index >= 15 is 0 Å². The molecule has 4 nitrogen and oxygen atoms in total. The van der Waals surface area contributed by atoms with Gasteiger partial charge in [0.1, 0.15) is 0 Å². The third kappa shape index (κ3) is 5.18. The number of rotatable bonds is 4. The second-order valence-electron chi connectivity index (χ2n) is 5.50. The zero-order valence-electron chi connectivity index (χ0n) is 11.2. The molecule has 0 heterocycles. The first-order chi connectivity index (χ1) is 8.70. The first-order valence-corrected chi connectivity index (χ1v) is 7.06. The maximum absolute atomic E-state index is 12.1. The number of carbonyl (C=O) groups is 2. The summed E-state index contributed by atoms with van der Waals surface area (Å²) in [6.07, 6.45) is -0.0837. The largest absolute Gasteiger partial charge is 0.481 e. The van der Waals surface area contributed by atoms with Crippen molar-refractivity contribution in [1.82, 2.24) is 5.32 Å². The SMILES string of the molecule is CC(C)(C)C(CC(=O)O)NC(=O)c1ccc(I)cc1. The zero-order chi connectivity index (χ0) is 14.6. The third-order valence-corrected chi connectivity index (χ3v) is 3.56. The zero-order valence-corrected chi connectivity index (χ0v) is 13.4. The van der Waals surface area contributed by atoms with E-state index in [4.69, 9.17) is 5.11 Å². The van der Waals surface area contributed by atoms with E-state index in [1.165, 1.54) is 0 Å². The number of carboxylic acids is 1. The molecule has 0 aliphatic rings. The number of carboxylic acid groups (broad SMARTS) is 1. The molecule has 104 valence electrons. The number of aliphatic carboxylic acids is 1. The summed E-state index contributed by atoms with van der Waals surface area (Å²) in [6, 6.07) is 6.75. The van der Waals surface area contributed by atoms with Crippen molar-refractivity contribution in [2.24, 2.45) is 5.41 Å². The smallest absolute Gasteiger partial charge is 0.305 e. The van der Waals surface area contributed by atoms with Gasteiger partial charge in [-0.05, 0) is 52.3 Å². The first-order valence-electron chi connectivity index (χ1n) is 5.98. The fraction of sp³-hybridized carbons (Fsp3) is 0.429. The van der Waals surface area contributed by atoms with Crippen LogP contribution in [0, 0.1) is 8.99 Å². The van der Waals surface area contributed by atoms with Crippen LogP contribution < -0.4 is 5.32 Å². The quantitative estimate of drug-likeness (QED) is 0.796. The van der Waals surface area contributed by atoms with Crippen LogP contribution >= 0.6 is 22.6 Å². The summed E-state index contributed by atoms with van der Waals surface area (Å²) in [5.74, 6) is -1.15. The van der Waals surface area contributed by atoms with Crippen molar-refractivity contribution in [2.75, 3.05) is 0 Å². The summed E-state index contributed by atoms with van der Waals surface area (Å²) in [4.78, 5) is 23.0. The van der Waals surface area contributed by atoms with Gasteiger partial charge in [0, 0.05) is 15.2 Å². The van der Waals surface area contributed by atoms with Gasteiger partial charge in [-0.15, -0.1) is 0 Å². The van der Waals surface area contributed by atoms with Gasteiger partial charge in [0.2, 0.25) is 0 Å². The Morgan fingerprint density at radius 3 is 2.21 bits per heavy atom. The van der Waals surface area contributed by atoms with Crippen LogP contribution in [0.1, 0.15) is 37.6 Å². The minimum absolute atomic E-state index is 0.0837. The highest BCUT2D eigenvalue weighted by atomic mass is 127. The van der Waals surface area contributed by atoms with Crippen molar-refractivity contribution >= 4 is 34.5 Å². The lowest BCUT2D eigenvalue weighted by Gasteiger charge is -2.30. The van der Waals surface area contributed by atoms with E-state index in [1.54, 1.807) is 12.1 Å². The summed E-state index contributed by atoms with van der Waals surface area (Å²) in [5, 5.41) is 11.7. The Hall–Kier alpha value is -1.11. The second-order valence-corrected chi connectivity index (χ2v) is 6.74. The Balaban J connectivity index is 2.81. The average Bonchev–Trinajstić information content (AvgIpc) is 2.27. The van der Waals surface area contributed by atoms with E-state index in [1.807, 2.05) is 32.9 Å². The maximum Gasteiger partial charge on any atom is 0.305 e. The van der Waals surface area contributed by atoms with Gasteiger partial charge in [0.05, 0.1) is 6.42 Å². The lowest BCUT2D eigenvalue weighted by Crippen LogP contribution is -2.45. The highest BCUT2D eigenvalue weighted by Gasteiger charge is 2.28. The molecule has 0 spiro atoms. The van der Waals surface area contributed by atoms with Gasteiger partial charge in [0.25, 0.3) is 5.91 Å². The Kier molecular flexibility index (Phi) is 5.34. The van der Waals surface area contributed by atoms with Gasteiger partial charge >= 0.3 is 5.97 Å². The molecule has 2 N–H and O–H groups in total. The summed E-state index contributed by atoms with van der Waals surface area (Å²) >= 11 is 2.16. The minimum atomic E-state index is -0.914. The molecule has 19 heavy (non-hydrogen) atoms. The van der Waals surface area contributed by atoms with Crippen LogP contribution in [0.3, 0.4) is 0 Å². The molecule has 0 aliphatic carbocycles. The molecular weight excluding hydrogens is 357 g/mol. The average molecular weight is 375 g/mol. The van der Waals surface area contributed by atoms with Crippen LogP contribution in [0.15, 0.2) is 24.3 Å². The van der Waals surface area contributed by atoms with Crippen molar-refractivity contribution in [1.29, 1.82) is 0 Å². The van der Waals surface area contributed by atoms with Crippen LogP contribution in [0.25, 0.3) is 0 Å². The van der Waals surface area contributed by atoms with Gasteiger partial charge in [0.15, 0.2) is 0 Å². The maximum atomic E-state index is 12.1. The molecule has 1 aromatic carbocycles. The number of benzene rings is 1. The predicted octanol–water partition coefficient (Wildman–Crippen LogP) is 2.91. The van der Waals surface area contributed by atoms with Crippen molar-refractivity contribution in [3.63, 3.8) is 0 Å². The molecule has 1 aromatic rings. The monoisotopic (exact) mass is 375 g/mol. The number of carbonyl (C=O) groups excluding carboxylic acids is 1. The lowest BCUT2D eigenvalue weighted by molar-refractivity contribution is -0.138. The molecule has 1 rings (SSSR count). The summed E-state index contributed by atoms with van der Waals surface area (Å²) in [6.45, 7) is 5.73. The van der Waals surface area contributed by atoms with Gasteiger partial charge in [-0.2, -0.15) is 0 Å². The van der Waals surface area contributed by atoms with E-state index in [2.05, 4.69) is 27.9 Å². The highest BCUT2D eigenvalue weighted by Crippen LogP contribution is 2.22. The first kappa shape index (κ1) is 15.9. The fourth-order valence-corrected chi connectivity index (χ4v) is 1.95. The van der Waals surface area contributed by atoms with Crippen LogP contribution in [0.4, 0.5) is 0 Å². The fourth-order valence-electron chi connectivity index (χ4n) is 1.59. The van der Waals surface area contributed by atoms with Crippen LogP contribution in [0.2, 0.25) is 0 Å². The Labute approximate surface area is 126 Å². The summed E-state index contributed by atoms with van der Waals surface area (Å²) in [7, 11) is 0. The molecule has 1 amide bonds. The number of halogens is 1. The van der Waals surface area contributed by atoms with Crippen molar-refractivity contribution in [3.05, 3.63) is 33.4 Å². The molecule has 5 heteroatoms. The Morgan fingerprint density at radius 2 is 1.79 bits per heavy atom. The van der Waals surface area contributed by atoms with Crippen molar-refractivity contribution in [2.45, 2.75) is 33.2 Å². The van der Waals surface area contributed by atoms with Crippen LogP contribution in [-0.2, 0) is 4.79 Å². The highest BCUT2D eigenvalue weighted by molar-refractivity contribution is 14.1. The third-order valence-electron chi connectivity index (χ3n) is 2.84. The Morgan fingerprint density at radius 1 is 1.26 bits per heavy atom. The molecular formula is C14H18INO3. The van der Waals surface area contributed by atoms with E-state index in [9.17, 15) is 9.59 Å². The number of hydrogen-bond donors (Lipinski definition) is 2. The standard InChI is InChI=1S/C14H18INO3/c1-14(2,3)11(8-12(17)18)16-13(19)9-4-6-10(15)7-5-9/h4-7,11H,8H2,1-3H3,(H,16,19)(H,17,18). The van der Waals surface area contributed by atoms with Gasteiger partial charge in [-0.25, -0.2) is 0 Å². The normalized spacial score (nSPS) is 12.8. The number of hydrogen-bond acceptors (Lipinski definition) is 2. The molecule has 1 unspecified atom stereocenters. The van der Waals surface area contributed by atoms with Gasteiger partial charge < -0.3 is 10.4 Å². The number of amides is 1. The van der Waals surface area contributed by atoms with Gasteiger partial charge in [-0.1, -0.05) is 20.8 Å². The topological polar surface area (TPSA) is 66.4 Å². The molecule has 0 fully saturated rings. The summed E-state index contributed by atoms with van der Waals surface area (Å²) < 4.78 is 1.05. The van der Waals surface area contributed by atoms with Crippen LogP contribution in [-0.4, -0.2) is 23.0 Å². The van der Waals surface area contributed by atoms with Crippen molar-refractivity contribution in [3.8, 4) is 0 Å². The minimum Gasteiger partial charge on any atom is -0.481 e. The van der Waals surface area contributed by atoms with Crippen molar-refractivity contribution < 1.29 is 14.7 Å².